The lowest BCUT2D eigenvalue weighted by Crippen LogP contribution is -2.49. The molecular formula is C16H30N2O2. The quantitative estimate of drug-likeness (QED) is 0.705. The number of rotatable bonds is 7. The van der Waals surface area contributed by atoms with Gasteiger partial charge in [-0.3, -0.25) is 9.69 Å². The molecule has 1 heterocycles. The van der Waals surface area contributed by atoms with Gasteiger partial charge in [-0.1, -0.05) is 25.5 Å². The maximum absolute atomic E-state index is 11.3. The van der Waals surface area contributed by atoms with Gasteiger partial charge in [0.2, 0.25) is 0 Å². The predicted molar refractivity (Wildman–Crippen MR) is 82.9 cm³/mol. The number of piperidine rings is 1. The first kappa shape index (κ1) is 17.2. The van der Waals surface area contributed by atoms with Crippen LogP contribution >= 0.6 is 0 Å². The standard InChI is InChI=1S/C16H30N2O2/c1-12(2)5-8-18-9-6-14(7-10-18)17-15(16(19)20)11-13(3)4/h5,13-15,17H,6-11H2,1-4H3,(H,19,20). The first-order valence-corrected chi connectivity index (χ1v) is 7.73. The molecule has 0 aromatic heterocycles. The molecule has 1 aliphatic rings. The maximum Gasteiger partial charge on any atom is 0.320 e. The topological polar surface area (TPSA) is 52.6 Å². The summed E-state index contributed by atoms with van der Waals surface area (Å²) in [4.78, 5) is 13.7. The average Bonchev–Trinajstić information content (AvgIpc) is 2.36. The summed E-state index contributed by atoms with van der Waals surface area (Å²) in [7, 11) is 0. The van der Waals surface area contributed by atoms with Crippen LogP contribution in [0.5, 0.6) is 0 Å². The number of likely N-dealkylation sites (tertiary alicyclic amines) is 1. The van der Waals surface area contributed by atoms with Crippen molar-refractivity contribution in [3.05, 3.63) is 11.6 Å². The van der Waals surface area contributed by atoms with Crippen molar-refractivity contribution in [2.75, 3.05) is 19.6 Å². The van der Waals surface area contributed by atoms with E-state index in [0.29, 0.717) is 18.4 Å². The SMILES string of the molecule is CC(C)=CCN1CCC(NC(CC(C)C)C(=O)O)CC1. The van der Waals surface area contributed by atoms with E-state index in [1.54, 1.807) is 0 Å². The van der Waals surface area contributed by atoms with Crippen LogP contribution in [0.4, 0.5) is 0 Å². The normalized spacial score (nSPS) is 19.1. The third-order valence-electron chi connectivity index (χ3n) is 3.79. The zero-order valence-electron chi connectivity index (χ0n) is 13.4. The molecule has 4 heteroatoms. The van der Waals surface area contributed by atoms with Gasteiger partial charge in [-0.05, 0) is 52.1 Å². The van der Waals surface area contributed by atoms with E-state index in [9.17, 15) is 9.90 Å². The lowest BCUT2D eigenvalue weighted by molar-refractivity contribution is -0.140. The molecule has 2 N–H and O–H groups in total. The second kappa shape index (κ2) is 8.42. The minimum atomic E-state index is -0.717. The van der Waals surface area contributed by atoms with Crippen molar-refractivity contribution < 1.29 is 9.90 Å². The van der Waals surface area contributed by atoms with Crippen LogP contribution in [0.1, 0.15) is 47.0 Å². The van der Waals surface area contributed by atoms with Crippen LogP contribution < -0.4 is 5.32 Å². The minimum absolute atomic E-state index is 0.345. The Kier molecular flexibility index (Phi) is 7.24. The summed E-state index contributed by atoms with van der Waals surface area (Å²) >= 11 is 0. The average molecular weight is 282 g/mol. The van der Waals surface area contributed by atoms with E-state index in [4.69, 9.17) is 0 Å². The zero-order valence-corrected chi connectivity index (χ0v) is 13.4. The molecule has 116 valence electrons. The van der Waals surface area contributed by atoms with Crippen LogP contribution in [0.25, 0.3) is 0 Å². The van der Waals surface area contributed by atoms with E-state index in [1.165, 1.54) is 5.57 Å². The molecular weight excluding hydrogens is 252 g/mol. The number of carboxylic acid groups (broad SMARTS) is 1. The van der Waals surface area contributed by atoms with E-state index < -0.39 is 12.0 Å². The van der Waals surface area contributed by atoms with Crippen molar-refractivity contribution in [1.29, 1.82) is 0 Å². The van der Waals surface area contributed by atoms with Gasteiger partial charge in [-0.15, -0.1) is 0 Å². The number of hydrogen-bond acceptors (Lipinski definition) is 3. The fourth-order valence-corrected chi connectivity index (χ4v) is 2.59. The fourth-order valence-electron chi connectivity index (χ4n) is 2.59. The van der Waals surface area contributed by atoms with Crippen LogP contribution in [0.2, 0.25) is 0 Å². The molecule has 0 aromatic rings. The number of aliphatic carboxylic acids is 1. The minimum Gasteiger partial charge on any atom is -0.480 e. The molecule has 1 unspecified atom stereocenters. The Balaban J connectivity index is 2.37. The van der Waals surface area contributed by atoms with Gasteiger partial charge < -0.3 is 10.4 Å². The molecule has 1 atom stereocenters. The van der Waals surface area contributed by atoms with Gasteiger partial charge in [-0.25, -0.2) is 0 Å². The molecule has 0 amide bonds. The highest BCUT2D eigenvalue weighted by Gasteiger charge is 2.25. The highest BCUT2D eigenvalue weighted by molar-refractivity contribution is 5.73. The van der Waals surface area contributed by atoms with E-state index in [1.807, 2.05) is 0 Å². The second-order valence-corrected chi connectivity index (χ2v) is 6.54. The smallest absolute Gasteiger partial charge is 0.320 e. The first-order valence-electron chi connectivity index (χ1n) is 7.73. The third kappa shape index (κ3) is 6.53. The summed E-state index contributed by atoms with van der Waals surface area (Å²) in [6, 6.07) is -0.0536. The monoisotopic (exact) mass is 282 g/mol. The number of carboxylic acids is 1. The Hall–Kier alpha value is -0.870. The van der Waals surface area contributed by atoms with Crippen LogP contribution in [0, 0.1) is 5.92 Å². The van der Waals surface area contributed by atoms with Crippen LogP contribution in [0.15, 0.2) is 11.6 Å². The Labute approximate surface area is 123 Å². The Morgan fingerprint density at radius 1 is 1.35 bits per heavy atom. The molecule has 0 spiro atoms. The van der Waals surface area contributed by atoms with E-state index >= 15 is 0 Å². The van der Waals surface area contributed by atoms with Crippen LogP contribution in [-0.4, -0.2) is 47.7 Å². The molecule has 0 saturated carbocycles. The largest absolute Gasteiger partial charge is 0.480 e. The molecule has 0 bridgehead atoms. The highest BCUT2D eigenvalue weighted by atomic mass is 16.4. The fraction of sp³-hybridized carbons (Fsp3) is 0.812. The van der Waals surface area contributed by atoms with Gasteiger partial charge in [0.05, 0.1) is 0 Å². The van der Waals surface area contributed by atoms with Crippen LogP contribution in [0.3, 0.4) is 0 Å². The van der Waals surface area contributed by atoms with Gasteiger partial charge in [0.1, 0.15) is 6.04 Å². The summed E-state index contributed by atoms with van der Waals surface area (Å²) in [6.45, 7) is 11.5. The lowest BCUT2D eigenvalue weighted by Gasteiger charge is -2.33. The number of carbonyl (C=O) groups is 1. The number of nitrogens with zero attached hydrogens (tertiary/aromatic N) is 1. The molecule has 1 fully saturated rings. The van der Waals surface area contributed by atoms with Gasteiger partial charge in [0.25, 0.3) is 0 Å². The molecule has 0 aliphatic carbocycles. The van der Waals surface area contributed by atoms with Crippen molar-refractivity contribution in [3.63, 3.8) is 0 Å². The van der Waals surface area contributed by atoms with Gasteiger partial charge in [0, 0.05) is 12.6 Å². The summed E-state index contributed by atoms with van der Waals surface area (Å²) in [5.41, 5.74) is 1.35. The molecule has 0 radical (unpaired) electrons. The highest BCUT2D eigenvalue weighted by Crippen LogP contribution is 2.13. The van der Waals surface area contributed by atoms with E-state index in [0.717, 1.165) is 32.5 Å². The van der Waals surface area contributed by atoms with Gasteiger partial charge in [0.15, 0.2) is 0 Å². The van der Waals surface area contributed by atoms with Gasteiger partial charge >= 0.3 is 5.97 Å². The summed E-state index contributed by atoms with van der Waals surface area (Å²) in [6.07, 6.45) is 5.04. The predicted octanol–water partition coefficient (Wildman–Crippen LogP) is 2.51. The van der Waals surface area contributed by atoms with Crippen molar-refractivity contribution in [2.45, 2.75) is 59.0 Å². The van der Waals surface area contributed by atoms with Crippen molar-refractivity contribution >= 4 is 5.97 Å². The molecule has 20 heavy (non-hydrogen) atoms. The lowest BCUT2D eigenvalue weighted by atomic mass is 9.99. The number of allylic oxidation sites excluding steroid dienone is 1. The first-order chi connectivity index (χ1) is 9.38. The zero-order chi connectivity index (χ0) is 15.1. The summed E-state index contributed by atoms with van der Waals surface area (Å²) in [5, 5.41) is 12.6. The van der Waals surface area contributed by atoms with Crippen molar-refractivity contribution in [3.8, 4) is 0 Å². The summed E-state index contributed by atoms with van der Waals surface area (Å²) in [5.74, 6) is -0.313. The Morgan fingerprint density at radius 2 is 1.95 bits per heavy atom. The molecule has 1 aliphatic heterocycles. The number of nitrogens with one attached hydrogen (secondary N) is 1. The molecule has 1 saturated heterocycles. The second-order valence-electron chi connectivity index (χ2n) is 6.54. The molecule has 4 nitrogen and oxygen atoms in total. The Bertz CT molecular complexity index is 327. The third-order valence-corrected chi connectivity index (χ3v) is 3.79. The Morgan fingerprint density at radius 3 is 2.40 bits per heavy atom. The van der Waals surface area contributed by atoms with E-state index in [-0.39, 0.29) is 0 Å². The van der Waals surface area contributed by atoms with Crippen molar-refractivity contribution in [2.24, 2.45) is 5.92 Å². The molecule has 1 rings (SSSR count). The maximum atomic E-state index is 11.3. The van der Waals surface area contributed by atoms with Crippen LogP contribution in [-0.2, 0) is 4.79 Å². The number of hydrogen-bond donors (Lipinski definition) is 2. The summed E-state index contributed by atoms with van der Waals surface area (Å²) < 4.78 is 0. The molecule has 0 aromatic carbocycles. The van der Waals surface area contributed by atoms with Crippen molar-refractivity contribution in [1.82, 2.24) is 10.2 Å². The van der Waals surface area contributed by atoms with Gasteiger partial charge in [-0.2, -0.15) is 0 Å². The van der Waals surface area contributed by atoms with E-state index in [2.05, 4.69) is 44.0 Å².